The Hall–Kier alpha value is -0.330. The van der Waals surface area contributed by atoms with Gasteiger partial charge < -0.3 is 0 Å². The fraction of sp³-hybridized carbons (Fsp3) is 0.941. The minimum Gasteiger partial charge on any atom is -0.299 e. The normalized spacial score (nSPS) is 19.4. The second kappa shape index (κ2) is 6.73. The van der Waals surface area contributed by atoms with E-state index >= 15 is 0 Å². The maximum absolute atomic E-state index is 12.4. The molecule has 1 fully saturated rings. The van der Waals surface area contributed by atoms with Crippen LogP contribution in [0.2, 0.25) is 0 Å². The molecule has 0 amide bonds. The molecule has 0 aromatic heterocycles. The van der Waals surface area contributed by atoms with Crippen molar-refractivity contribution < 1.29 is 4.79 Å². The molecule has 0 aromatic rings. The summed E-state index contributed by atoms with van der Waals surface area (Å²) >= 11 is 0. The van der Waals surface area contributed by atoms with Crippen LogP contribution in [0.1, 0.15) is 79.6 Å². The van der Waals surface area contributed by atoms with Gasteiger partial charge in [0.2, 0.25) is 0 Å². The number of hydrogen-bond donors (Lipinski definition) is 0. The molecule has 1 aliphatic rings. The highest BCUT2D eigenvalue weighted by Gasteiger charge is 2.31. The highest BCUT2D eigenvalue weighted by molar-refractivity contribution is 5.81. The summed E-state index contributed by atoms with van der Waals surface area (Å²) in [6, 6.07) is 0. The molecule has 0 N–H and O–H groups in total. The molecule has 1 saturated carbocycles. The van der Waals surface area contributed by atoms with Crippen LogP contribution in [0.3, 0.4) is 0 Å². The lowest BCUT2D eigenvalue weighted by Gasteiger charge is -2.31. The van der Waals surface area contributed by atoms with E-state index in [1.807, 2.05) is 0 Å². The number of rotatable bonds is 6. The molecule has 1 rings (SSSR count). The molecule has 106 valence electrons. The van der Waals surface area contributed by atoms with E-state index in [9.17, 15) is 4.79 Å². The van der Waals surface area contributed by atoms with Crippen molar-refractivity contribution in [1.29, 1.82) is 0 Å². The van der Waals surface area contributed by atoms with Gasteiger partial charge in [-0.15, -0.1) is 0 Å². The first-order chi connectivity index (χ1) is 8.30. The first-order valence-electron chi connectivity index (χ1n) is 7.83. The molecular formula is C17H32O. The van der Waals surface area contributed by atoms with Crippen LogP contribution in [0.15, 0.2) is 0 Å². The molecular weight excluding hydrogens is 220 g/mol. The summed E-state index contributed by atoms with van der Waals surface area (Å²) in [4.78, 5) is 12.4. The Kier molecular flexibility index (Phi) is 5.88. The van der Waals surface area contributed by atoms with Gasteiger partial charge in [0.15, 0.2) is 0 Å². The Morgan fingerprint density at radius 2 is 1.72 bits per heavy atom. The average Bonchev–Trinajstić information content (AvgIpc) is 2.67. The lowest BCUT2D eigenvalue weighted by molar-refractivity contribution is -0.127. The van der Waals surface area contributed by atoms with E-state index in [1.165, 1.54) is 32.1 Å². The summed E-state index contributed by atoms with van der Waals surface area (Å²) in [6.45, 7) is 11.0. The molecule has 1 heteroatoms. The van der Waals surface area contributed by atoms with Gasteiger partial charge in [0.1, 0.15) is 5.78 Å². The van der Waals surface area contributed by atoms with Crippen molar-refractivity contribution in [3.8, 4) is 0 Å². The number of Topliss-reactive ketones (excluding diaryl/α,β-unsaturated/α-hetero) is 1. The van der Waals surface area contributed by atoms with Crippen LogP contribution in [0, 0.1) is 23.2 Å². The van der Waals surface area contributed by atoms with Gasteiger partial charge in [0.25, 0.3) is 0 Å². The summed E-state index contributed by atoms with van der Waals surface area (Å²) in [5.74, 6) is 2.16. The standard InChI is InChI=1S/C17H32O/c1-13(2)12-16(18)15(17(3,4)5)11-10-14-8-6-7-9-14/h13-15H,6-12H2,1-5H3. The predicted octanol–water partition coefficient (Wildman–Crippen LogP) is 5.23. The molecule has 0 radical (unpaired) electrons. The SMILES string of the molecule is CC(C)CC(=O)C(CCC1CCCC1)C(C)(C)C. The Balaban J connectivity index is 2.52. The second-order valence-corrected chi connectivity index (χ2v) is 7.71. The number of carbonyl (C=O) groups is 1. The monoisotopic (exact) mass is 252 g/mol. The van der Waals surface area contributed by atoms with E-state index in [2.05, 4.69) is 34.6 Å². The molecule has 1 nitrogen and oxygen atoms in total. The van der Waals surface area contributed by atoms with Gasteiger partial charge in [-0.1, -0.05) is 60.3 Å². The van der Waals surface area contributed by atoms with Gasteiger partial charge in [-0.25, -0.2) is 0 Å². The maximum atomic E-state index is 12.4. The number of hydrogen-bond acceptors (Lipinski definition) is 1. The van der Waals surface area contributed by atoms with Gasteiger partial charge in [-0.3, -0.25) is 4.79 Å². The molecule has 1 unspecified atom stereocenters. The lowest BCUT2D eigenvalue weighted by Crippen LogP contribution is -2.30. The van der Waals surface area contributed by atoms with E-state index in [4.69, 9.17) is 0 Å². The highest BCUT2D eigenvalue weighted by atomic mass is 16.1. The van der Waals surface area contributed by atoms with E-state index in [0.717, 1.165) is 18.8 Å². The third kappa shape index (κ3) is 5.12. The fourth-order valence-corrected chi connectivity index (χ4v) is 3.32. The van der Waals surface area contributed by atoms with Crippen LogP contribution in [-0.2, 0) is 4.79 Å². The van der Waals surface area contributed by atoms with Gasteiger partial charge in [-0.2, -0.15) is 0 Å². The van der Waals surface area contributed by atoms with Crippen molar-refractivity contribution in [3.63, 3.8) is 0 Å². The molecule has 18 heavy (non-hydrogen) atoms. The topological polar surface area (TPSA) is 17.1 Å². The van der Waals surface area contributed by atoms with Crippen molar-refractivity contribution in [2.75, 3.05) is 0 Å². The van der Waals surface area contributed by atoms with Gasteiger partial charge in [-0.05, 0) is 30.1 Å². The number of carbonyl (C=O) groups excluding carboxylic acids is 1. The molecule has 0 aliphatic heterocycles. The molecule has 0 saturated heterocycles. The van der Waals surface area contributed by atoms with Gasteiger partial charge in [0.05, 0.1) is 0 Å². The average molecular weight is 252 g/mol. The van der Waals surface area contributed by atoms with Crippen LogP contribution >= 0.6 is 0 Å². The quantitative estimate of drug-likeness (QED) is 0.632. The smallest absolute Gasteiger partial charge is 0.136 e. The Morgan fingerprint density at radius 3 is 2.17 bits per heavy atom. The first kappa shape index (κ1) is 15.7. The minimum atomic E-state index is 0.130. The molecule has 1 atom stereocenters. The van der Waals surface area contributed by atoms with Crippen molar-refractivity contribution in [2.24, 2.45) is 23.2 Å². The van der Waals surface area contributed by atoms with Crippen molar-refractivity contribution in [1.82, 2.24) is 0 Å². The Bertz CT molecular complexity index is 253. The van der Waals surface area contributed by atoms with Crippen LogP contribution < -0.4 is 0 Å². The Morgan fingerprint density at radius 1 is 1.17 bits per heavy atom. The molecule has 0 spiro atoms. The zero-order valence-corrected chi connectivity index (χ0v) is 13.1. The van der Waals surface area contributed by atoms with Crippen LogP contribution in [-0.4, -0.2) is 5.78 Å². The summed E-state index contributed by atoms with van der Waals surface area (Å²) < 4.78 is 0. The lowest BCUT2D eigenvalue weighted by atomic mass is 9.73. The summed E-state index contributed by atoms with van der Waals surface area (Å²) in [6.07, 6.45) is 8.75. The van der Waals surface area contributed by atoms with Crippen LogP contribution in [0.25, 0.3) is 0 Å². The van der Waals surface area contributed by atoms with Gasteiger partial charge >= 0.3 is 0 Å². The van der Waals surface area contributed by atoms with Crippen molar-refractivity contribution >= 4 is 5.78 Å². The largest absolute Gasteiger partial charge is 0.299 e. The highest BCUT2D eigenvalue weighted by Crippen LogP contribution is 2.36. The van der Waals surface area contributed by atoms with Crippen LogP contribution in [0.4, 0.5) is 0 Å². The summed E-state index contributed by atoms with van der Waals surface area (Å²) in [5.41, 5.74) is 0.130. The molecule has 0 aromatic carbocycles. The van der Waals surface area contributed by atoms with E-state index in [1.54, 1.807) is 0 Å². The number of ketones is 1. The third-order valence-corrected chi connectivity index (χ3v) is 4.38. The van der Waals surface area contributed by atoms with E-state index in [-0.39, 0.29) is 11.3 Å². The minimum absolute atomic E-state index is 0.130. The van der Waals surface area contributed by atoms with Crippen molar-refractivity contribution in [2.45, 2.75) is 79.6 Å². The molecule has 0 bridgehead atoms. The zero-order valence-electron chi connectivity index (χ0n) is 13.1. The summed E-state index contributed by atoms with van der Waals surface area (Å²) in [5, 5.41) is 0. The predicted molar refractivity (Wildman–Crippen MR) is 78.6 cm³/mol. The van der Waals surface area contributed by atoms with E-state index < -0.39 is 0 Å². The van der Waals surface area contributed by atoms with Crippen LogP contribution in [0.5, 0.6) is 0 Å². The first-order valence-corrected chi connectivity index (χ1v) is 7.83. The van der Waals surface area contributed by atoms with Gasteiger partial charge in [0, 0.05) is 12.3 Å². The van der Waals surface area contributed by atoms with Crippen molar-refractivity contribution in [3.05, 3.63) is 0 Å². The van der Waals surface area contributed by atoms with E-state index in [0.29, 0.717) is 11.7 Å². The second-order valence-electron chi connectivity index (χ2n) is 7.71. The fourth-order valence-electron chi connectivity index (χ4n) is 3.32. The maximum Gasteiger partial charge on any atom is 0.136 e. The third-order valence-electron chi connectivity index (χ3n) is 4.38. The zero-order chi connectivity index (χ0) is 13.8. The molecule has 0 heterocycles. The molecule has 1 aliphatic carbocycles. The summed E-state index contributed by atoms with van der Waals surface area (Å²) in [7, 11) is 0. The Labute approximate surface area is 114 Å².